The second-order valence-corrected chi connectivity index (χ2v) is 5.81. The summed E-state index contributed by atoms with van der Waals surface area (Å²) in [5.74, 6) is -0.573. The van der Waals surface area contributed by atoms with Gasteiger partial charge in [-0.05, 0) is 12.1 Å². The Morgan fingerprint density at radius 2 is 2.12 bits per heavy atom. The first-order chi connectivity index (χ1) is 12.5. The molecule has 0 saturated heterocycles. The fourth-order valence-electron chi connectivity index (χ4n) is 2.81. The molecule has 3 rings (SSSR count). The number of nitro benzene ring substituents is 1. The second kappa shape index (κ2) is 7.18. The Bertz CT molecular complexity index is 872. The fraction of sp³-hybridized carbons (Fsp3) is 0.235. The molecule has 0 bridgehead atoms. The zero-order valence-corrected chi connectivity index (χ0v) is 13.9. The minimum atomic E-state index is -0.513. The molecule has 2 amide bonds. The van der Waals surface area contributed by atoms with Gasteiger partial charge in [0, 0.05) is 48.5 Å². The lowest BCUT2D eigenvalue weighted by molar-refractivity contribution is -0.384. The summed E-state index contributed by atoms with van der Waals surface area (Å²) in [6.45, 7) is 4.59. The monoisotopic (exact) mass is 355 g/mol. The Hall–Kier alpha value is -3.49. The molecule has 2 N–H and O–H groups in total. The first kappa shape index (κ1) is 17.3. The lowest BCUT2D eigenvalue weighted by atomic mass is 10.0. The van der Waals surface area contributed by atoms with Crippen molar-refractivity contribution in [3.63, 3.8) is 0 Å². The number of hydrogen-bond acceptors (Lipinski definition) is 5. The van der Waals surface area contributed by atoms with Crippen LogP contribution >= 0.6 is 0 Å². The van der Waals surface area contributed by atoms with Gasteiger partial charge in [0.2, 0.25) is 0 Å². The SMILES string of the molecule is C=CCNC(=O)c1n[nH]c2c1CN(C(=O)c1ccc([N+](=O)[O-])cc1)CC2. The van der Waals surface area contributed by atoms with E-state index in [1.165, 1.54) is 24.3 Å². The topological polar surface area (TPSA) is 121 Å². The lowest BCUT2D eigenvalue weighted by Crippen LogP contribution is -2.37. The Kier molecular flexibility index (Phi) is 4.78. The van der Waals surface area contributed by atoms with Crippen LogP contribution < -0.4 is 5.32 Å². The van der Waals surface area contributed by atoms with Crippen molar-refractivity contribution in [3.8, 4) is 0 Å². The second-order valence-electron chi connectivity index (χ2n) is 5.81. The van der Waals surface area contributed by atoms with Crippen molar-refractivity contribution >= 4 is 17.5 Å². The molecule has 1 aromatic carbocycles. The summed E-state index contributed by atoms with van der Waals surface area (Å²) < 4.78 is 0. The molecule has 1 aliphatic heterocycles. The predicted molar refractivity (Wildman–Crippen MR) is 92.7 cm³/mol. The minimum absolute atomic E-state index is 0.0708. The molecule has 9 nitrogen and oxygen atoms in total. The summed E-state index contributed by atoms with van der Waals surface area (Å²) in [6.07, 6.45) is 2.12. The van der Waals surface area contributed by atoms with Gasteiger partial charge in [-0.1, -0.05) is 6.08 Å². The van der Waals surface area contributed by atoms with Crippen molar-refractivity contribution in [1.29, 1.82) is 0 Å². The van der Waals surface area contributed by atoms with Gasteiger partial charge in [0.15, 0.2) is 5.69 Å². The molecule has 2 aromatic rings. The number of benzene rings is 1. The first-order valence-electron chi connectivity index (χ1n) is 8.00. The normalized spacial score (nSPS) is 13.0. The number of nitro groups is 1. The van der Waals surface area contributed by atoms with E-state index in [4.69, 9.17) is 0 Å². The van der Waals surface area contributed by atoms with E-state index in [-0.39, 0.29) is 29.7 Å². The Morgan fingerprint density at radius 3 is 2.77 bits per heavy atom. The number of non-ortho nitro benzene ring substituents is 1. The van der Waals surface area contributed by atoms with Crippen LogP contribution in [0.3, 0.4) is 0 Å². The van der Waals surface area contributed by atoms with Crippen molar-refractivity contribution < 1.29 is 14.5 Å². The smallest absolute Gasteiger partial charge is 0.272 e. The van der Waals surface area contributed by atoms with Crippen LogP contribution in [0, 0.1) is 10.1 Å². The molecule has 134 valence electrons. The number of nitrogens with zero attached hydrogens (tertiary/aromatic N) is 3. The van der Waals surface area contributed by atoms with Gasteiger partial charge in [-0.25, -0.2) is 0 Å². The van der Waals surface area contributed by atoms with Gasteiger partial charge >= 0.3 is 0 Å². The molecule has 2 heterocycles. The zero-order valence-electron chi connectivity index (χ0n) is 13.9. The van der Waals surface area contributed by atoms with Crippen LogP contribution in [0.1, 0.15) is 32.1 Å². The van der Waals surface area contributed by atoms with E-state index in [2.05, 4.69) is 22.1 Å². The van der Waals surface area contributed by atoms with Crippen LogP contribution in [0.2, 0.25) is 0 Å². The molecule has 1 aromatic heterocycles. The number of carbonyl (C=O) groups excluding carboxylic acids is 2. The molecular formula is C17H17N5O4. The molecule has 0 spiro atoms. The molecule has 0 saturated carbocycles. The molecule has 0 fully saturated rings. The van der Waals surface area contributed by atoms with Crippen molar-refractivity contribution in [2.24, 2.45) is 0 Å². The van der Waals surface area contributed by atoms with Crippen LogP contribution in [-0.2, 0) is 13.0 Å². The van der Waals surface area contributed by atoms with Gasteiger partial charge in [-0.15, -0.1) is 6.58 Å². The average Bonchev–Trinajstić information content (AvgIpc) is 3.08. The number of amides is 2. The first-order valence-corrected chi connectivity index (χ1v) is 8.00. The minimum Gasteiger partial charge on any atom is -0.347 e. The van der Waals surface area contributed by atoms with Crippen LogP contribution in [0.5, 0.6) is 0 Å². The highest BCUT2D eigenvalue weighted by atomic mass is 16.6. The summed E-state index contributed by atoms with van der Waals surface area (Å²) >= 11 is 0. The van der Waals surface area contributed by atoms with Crippen molar-refractivity contribution in [3.05, 3.63) is 69.5 Å². The Labute approximate surface area is 148 Å². The summed E-state index contributed by atoms with van der Waals surface area (Å²) in [5.41, 5.74) is 2.08. The van der Waals surface area contributed by atoms with Gasteiger partial charge in [0.05, 0.1) is 11.5 Å². The standard InChI is InChI=1S/C17H17N5O4/c1-2-8-18-16(23)15-13-10-21(9-7-14(13)19-20-15)17(24)11-3-5-12(6-4-11)22(25)26/h2-6H,1,7-10H2,(H,18,23)(H,19,20). The average molecular weight is 355 g/mol. The maximum absolute atomic E-state index is 12.7. The molecule has 0 aliphatic carbocycles. The number of hydrogen-bond donors (Lipinski definition) is 2. The fourth-order valence-corrected chi connectivity index (χ4v) is 2.81. The molecule has 0 unspecified atom stereocenters. The van der Waals surface area contributed by atoms with E-state index < -0.39 is 4.92 Å². The van der Waals surface area contributed by atoms with Crippen LogP contribution in [-0.4, -0.2) is 44.9 Å². The van der Waals surface area contributed by atoms with Crippen LogP contribution in [0.15, 0.2) is 36.9 Å². The number of H-pyrrole nitrogens is 1. The molecular weight excluding hydrogens is 338 g/mol. The summed E-state index contributed by atoms with van der Waals surface area (Å²) in [5, 5.41) is 20.3. The number of aromatic amines is 1. The predicted octanol–water partition coefficient (Wildman–Crippen LogP) is 1.43. The van der Waals surface area contributed by atoms with E-state index in [1.807, 2.05) is 0 Å². The van der Waals surface area contributed by atoms with E-state index in [9.17, 15) is 19.7 Å². The molecule has 0 radical (unpaired) electrons. The van der Waals surface area contributed by atoms with E-state index in [0.717, 1.165) is 5.69 Å². The zero-order chi connectivity index (χ0) is 18.7. The number of nitrogens with one attached hydrogen (secondary N) is 2. The van der Waals surface area contributed by atoms with Gasteiger partial charge in [-0.2, -0.15) is 5.10 Å². The molecule has 26 heavy (non-hydrogen) atoms. The van der Waals surface area contributed by atoms with E-state index in [1.54, 1.807) is 11.0 Å². The number of fused-ring (bicyclic) bond motifs is 1. The summed E-state index contributed by atoms with van der Waals surface area (Å²) in [4.78, 5) is 36.7. The van der Waals surface area contributed by atoms with Crippen LogP contribution in [0.4, 0.5) is 5.69 Å². The van der Waals surface area contributed by atoms with Crippen LogP contribution in [0.25, 0.3) is 0 Å². The third-order valence-corrected chi connectivity index (χ3v) is 4.17. The van der Waals surface area contributed by atoms with Gasteiger partial charge in [-0.3, -0.25) is 24.8 Å². The summed E-state index contributed by atoms with van der Waals surface area (Å²) in [7, 11) is 0. The third kappa shape index (κ3) is 3.32. The number of rotatable bonds is 5. The Balaban J connectivity index is 1.78. The van der Waals surface area contributed by atoms with E-state index in [0.29, 0.717) is 30.6 Å². The van der Waals surface area contributed by atoms with E-state index >= 15 is 0 Å². The van der Waals surface area contributed by atoms with Crippen molar-refractivity contribution in [2.75, 3.05) is 13.1 Å². The van der Waals surface area contributed by atoms with Gasteiger partial charge < -0.3 is 10.2 Å². The maximum atomic E-state index is 12.7. The highest BCUT2D eigenvalue weighted by molar-refractivity contribution is 5.96. The van der Waals surface area contributed by atoms with Crippen molar-refractivity contribution in [2.45, 2.75) is 13.0 Å². The van der Waals surface area contributed by atoms with Crippen molar-refractivity contribution in [1.82, 2.24) is 20.4 Å². The number of aromatic nitrogens is 2. The highest BCUT2D eigenvalue weighted by Gasteiger charge is 2.28. The Morgan fingerprint density at radius 1 is 1.38 bits per heavy atom. The molecule has 9 heteroatoms. The summed E-state index contributed by atoms with van der Waals surface area (Å²) in [6, 6.07) is 5.47. The van der Waals surface area contributed by atoms with Gasteiger partial charge in [0.1, 0.15) is 0 Å². The quantitative estimate of drug-likeness (QED) is 0.477. The lowest BCUT2D eigenvalue weighted by Gasteiger charge is -2.27. The van der Waals surface area contributed by atoms with Gasteiger partial charge in [0.25, 0.3) is 17.5 Å². The third-order valence-electron chi connectivity index (χ3n) is 4.17. The number of carbonyl (C=O) groups is 2. The largest absolute Gasteiger partial charge is 0.347 e. The molecule has 1 aliphatic rings. The molecule has 0 atom stereocenters. The maximum Gasteiger partial charge on any atom is 0.272 e. The highest BCUT2D eigenvalue weighted by Crippen LogP contribution is 2.22.